The van der Waals surface area contributed by atoms with Crippen LogP contribution in [0.25, 0.3) is 0 Å². The van der Waals surface area contributed by atoms with E-state index < -0.39 is 0 Å². The molecule has 0 saturated carbocycles. The zero-order valence-electron chi connectivity index (χ0n) is 5.59. The molecule has 0 radical (unpaired) electrons. The van der Waals surface area contributed by atoms with Crippen molar-refractivity contribution < 1.29 is 25.9 Å². The minimum atomic E-state index is -0.307. The standard InChI is InChI=1S/C6H12NO.W/c1-2-3-4-5-6(7)8;/h5H,2-4H2,1H3,(H2,7,8);/q-1;. The smallest absolute Gasteiger partial charge is 0.0798 e. The van der Waals surface area contributed by atoms with Gasteiger partial charge >= 0.3 is 0 Å². The summed E-state index contributed by atoms with van der Waals surface area (Å²) in [6.45, 7) is 2.08. The van der Waals surface area contributed by atoms with Gasteiger partial charge in [0.15, 0.2) is 0 Å². The minimum Gasteiger partial charge on any atom is -0.395 e. The van der Waals surface area contributed by atoms with Crippen molar-refractivity contribution in [2.45, 2.75) is 26.2 Å². The van der Waals surface area contributed by atoms with Crippen LogP contribution >= 0.6 is 0 Å². The third-order valence-electron chi connectivity index (χ3n) is 0.903. The zero-order valence-corrected chi connectivity index (χ0v) is 8.53. The van der Waals surface area contributed by atoms with Crippen LogP contribution in [0, 0.1) is 6.42 Å². The average molecular weight is 298 g/mol. The van der Waals surface area contributed by atoms with Crippen molar-refractivity contribution in [3.63, 3.8) is 0 Å². The number of amides is 1. The molecule has 0 unspecified atom stereocenters. The Morgan fingerprint density at radius 3 is 2.56 bits per heavy atom. The molecule has 54 valence electrons. The Bertz CT molecular complexity index is 75.5. The Kier molecular flexibility index (Phi) is 10.5. The number of rotatable bonds is 4. The van der Waals surface area contributed by atoms with Gasteiger partial charge < -0.3 is 16.9 Å². The summed E-state index contributed by atoms with van der Waals surface area (Å²) in [6, 6.07) is 0. The first kappa shape index (κ1) is 11.8. The molecule has 2 N–H and O–H groups in total. The van der Waals surface area contributed by atoms with Crippen LogP contribution in [0.4, 0.5) is 0 Å². The quantitative estimate of drug-likeness (QED) is 0.607. The number of hydrogen-bond donors (Lipinski definition) is 1. The van der Waals surface area contributed by atoms with Gasteiger partial charge in [-0.2, -0.15) is 6.42 Å². The van der Waals surface area contributed by atoms with Gasteiger partial charge in [-0.25, -0.2) is 0 Å². The largest absolute Gasteiger partial charge is 0.395 e. The first-order valence-corrected chi connectivity index (χ1v) is 2.90. The number of unbranched alkanes of at least 4 members (excludes halogenated alkanes) is 2. The van der Waals surface area contributed by atoms with Gasteiger partial charge in [-0.3, -0.25) is 0 Å². The summed E-state index contributed by atoms with van der Waals surface area (Å²) in [5.41, 5.74) is 4.84. The Morgan fingerprint density at radius 2 is 2.22 bits per heavy atom. The molecule has 0 aliphatic heterocycles. The van der Waals surface area contributed by atoms with E-state index in [9.17, 15) is 4.79 Å². The molecule has 0 heterocycles. The van der Waals surface area contributed by atoms with Crippen molar-refractivity contribution in [2.24, 2.45) is 5.73 Å². The van der Waals surface area contributed by atoms with Crippen LogP contribution in [0.1, 0.15) is 26.2 Å². The molecule has 0 saturated heterocycles. The third-order valence-corrected chi connectivity index (χ3v) is 0.903. The number of primary amides is 1. The molecule has 0 bridgehead atoms. The molecule has 0 fully saturated rings. The summed E-state index contributed by atoms with van der Waals surface area (Å²) in [6.07, 6.45) is 4.52. The van der Waals surface area contributed by atoms with E-state index in [0.29, 0.717) is 0 Å². The predicted molar refractivity (Wildman–Crippen MR) is 33.0 cm³/mol. The molecule has 0 atom stereocenters. The molecule has 1 amide bonds. The van der Waals surface area contributed by atoms with Crippen molar-refractivity contribution in [2.75, 3.05) is 0 Å². The molecule has 0 aromatic carbocycles. The van der Waals surface area contributed by atoms with E-state index in [4.69, 9.17) is 5.73 Å². The fourth-order valence-electron chi connectivity index (χ4n) is 0.448. The van der Waals surface area contributed by atoms with E-state index >= 15 is 0 Å². The maximum atomic E-state index is 10.0. The average Bonchev–Trinajstić information content (AvgIpc) is 1.66. The molecule has 0 spiro atoms. The van der Waals surface area contributed by atoms with Crippen LogP contribution in [0.3, 0.4) is 0 Å². The molecular formula is C6H12NOW-. The summed E-state index contributed by atoms with van der Waals surface area (Å²) in [7, 11) is 0. The zero-order chi connectivity index (χ0) is 6.41. The second-order valence-electron chi connectivity index (χ2n) is 1.75. The number of hydrogen-bond acceptors (Lipinski definition) is 1. The van der Waals surface area contributed by atoms with Gasteiger partial charge in [0.2, 0.25) is 0 Å². The Balaban J connectivity index is 0. The molecule has 2 nitrogen and oxygen atoms in total. The van der Waals surface area contributed by atoms with Gasteiger partial charge in [0.1, 0.15) is 0 Å². The molecule has 0 aliphatic carbocycles. The summed E-state index contributed by atoms with van der Waals surface area (Å²) in [5, 5.41) is 0. The summed E-state index contributed by atoms with van der Waals surface area (Å²) in [4.78, 5) is 10.0. The van der Waals surface area contributed by atoms with E-state index in [0.717, 1.165) is 19.3 Å². The third kappa shape index (κ3) is 11.5. The second-order valence-corrected chi connectivity index (χ2v) is 1.75. The molecule has 0 aromatic heterocycles. The SMILES string of the molecule is CCCC[CH-]C(N)=O.[W]. The topological polar surface area (TPSA) is 43.1 Å². The fraction of sp³-hybridized carbons (Fsp3) is 0.667. The molecule has 3 heteroatoms. The van der Waals surface area contributed by atoms with Crippen LogP contribution in [0.2, 0.25) is 0 Å². The van der Waals surface area contributed by atoms with E-state index in [-0.39, 0.29) is 27.0 Å². The van der Waals surface area contributed by atoms with Crippen LogP contribution < -0.4 is 5.73 Å². The fourth-order valence-corrected chi connectivity index (χ4v) is 0.448. The van der Waals surface area contributed by atoms with E-state index in [1.165, 1.54) is 6.42 Å². The Morgan fingerprint density at radius 1 is 1.67 bits per heavy atom. The Hall–Kier alpha value is 0.0283. The van der Waals surface area contributed by atoms with Crippen LogP contribution in [0.5, 0.6) is 0 Å². The minimum absolute atomic E-state index is 0. The van der Waals surface area contributed by atoms with Crippen molar-refractivity contribution >= 4 is 5.91 Å². The normalized spacial score (nSPS) is 7.67. The molecule has 0 aliphatic rings. The second kappa shape index (κ2) is 8.03. The van der Waals surface area contributed by atoms with Crippen molar-refractivity contribution in [1.82, 2.24) is 0 Å². The van der Waals surface area contributed by atoms with Crippen molar-refractivity contribution in [3.05, 3.63) is 6.42 Å². The first-order chi connectivity index (χ1) is 3.77. The number of carbonyl (C=O) groups is 1. The van der Waals surface area contributed by atoms with Crippen LogP contribution in [0.15, 0.2) is 0 Å². The maximum Gasteiger partial charge on any atom is 0.0798 e. The summed E-state index contributed by atoms with van der Waals surface area (Å²) in [5.74, 6) is -0.307. The van der Waals surface area contributed by atoms with E-state index in [1.54, 1.807) is 0 Å². The first-order valence-electron chi connectivity index (χ1n) is 2.90. The summed E-state index contributed by atoms with van der Waals surface area (Å²) >= 11 is 0. The van der Waals surface area contributed by atoms with Gasteiger partial charge in [-0.1, -0.05) is 19.8 Å². The van der Waals surface area contributed by atoms with Gasteiger partial charge in [0.05, 0.1) is 5.91 Å². The Labute approximate surface area is 70.5 Å². The van der Waals surface area contributed by atoms with Crippen molar-refractivity contribution in [3.8, 4) is 0 Å². The molecule has 9 heavy (non-hydrogen) atoms. The van der Waals surface area contributed by atoms with Gasteiger partial charge in [-0.05, 0) is 0 Å². The molecule has 0 rings (SSSR count). The monoisotopic (exact) mass is 298 g/mol. The van der Waals surface area contributed by atoms with Gasteiger partial charge in [0.25, 0.3) is 0 Å². The molecular weight excluding hydrogens is 286 g/mol. The van der Waals surface area contributed by atoms with Crippen LogP contribution in [-0.2, 0) is 25.9 Å². The van der Waals surface area contributed by atoms with Gasteiger partial charge in [-0.15, -0.1) is 0 Å². The van der Waals surface area contributed by atoms with E-state index in [2.05, 4.69) is 6.92 Å². The maximum absolute atomic E-state index is 10.0. The predicted octanol–water partition coefficient (Wildman–Crippen LogP) is 0.864. The van der Waals surface area contributed by atoms with Gasteiger partial charge in [0, 0.05) is 21.1 Å². The van der Waals surface area contributed by atoms with Crippen LogP contribution in [-0.4, -0.2) is 5.91 Å². The van der Waals surface area contributed by atoms with E-state index in [1.807, 2.05) is 0 Å². The van der Waals surface area contributed by atoms with Crippen molar-refractivity contribution in [1.29, 1.82) is 0 Å². The number of carbonyl (C=O) groups excluding carboxylic acids is 1. The summed E-state index contributed by atoms with van der Waals surface area (Å²) < 4.78 is 0. The number of nitrogens with two attached hydrogens (primary N) is 1. The molecule has 0 aromatic rings.